The van der Waals surface area contributed by atoms with E-state index < -0.39 is 27.2 Å². The first kappa shape index (κ1) is 13.3. The van der Waals surface area contributed by atoms with Gasteiger partial charge in [-0.3, -0.25) is 9.69 Å². The lowest BCUT2D eigenvalue weighted by Crippen LogP contribution is -2.59. The van der Waals surface area contributed by atoms with Crippen molar-refractivity contribution in [3.05, 3.63) is 30.3 Å². The van der Waals surface area contributed by atoms with Crippen LogP contribution in [0.1, 0.15) is 0 Å². The largest absolute Gasteiger partial charge is 0.465 e. The Hall–Kier alpha value is -2.09. The molecule has 0 saturated carbocycles. The molecule has 1 saturated heterocycles. The van der Waals surface area contributed by atoms with Crippen LogP contribution in [0.3, 0.4) is 0 Å². The van der Waals surface area contributed by atoms with Crippen molar-refractivity contribution < 1.29 is 23.1 Å². The number of nitrogens with one attached hydrogen (secondary N) is 1. The van der Waals surface area contributed by atoms with Gasteiger partial charge in [0.1, 0.15) is 0 Å². The SMILES string of the molecule is O=C1NCCN(C(=O)O)C1S(=O)(=O)c1ccccc1. The maximum absolute atomic E-state index is 12.3. The van der Waals surface area contributed by atoms with Crippen LogP contribution >= 0.6 is 0 Å². The van der Waals surface area contributed by atoms with E-state index in [2.05, 4.69) is 5.32 Å². The molecule has 102 valence electrons. The molecule has 0 aliphatic carbocycles. The summed E-state index contributed by atoms with van der Waals surface area (Å²) in [7, 11) is -4.07. The van der Waals surface area contributed by atoms with Gasteiger partial charge in [-0.25, -0.2) is 13.2 Å². The Morgan fingerprint density at radius 3 is 2.53 bits per heavy atom. The summed E-state index contributed by atoms with van der Waals surface area (Å²) >= 11 is 0. The van der Waals surface area contributed by atoms with E-state index in [9.17, 15) is 18.0 Å². The Balaban J connectivity index is 2.47. The van der Waals surface area contributed by atoms with E-state index in [1.54, 1.807) is 6.07 Å². The van der Waals surface area contributed by atoms with Gasteiger partial charge in [0.2, 0.25) is 15.2 Å². The van der Waals surface area contributed by atoms with Crippen LogP contribution < -0.4 is 5.32 Å². The number of sulfone groups is 1. The molecule has 0 radical (unpaired) electrons. The zero-order chi connectivity index (χ0) is 14.0. The molecule has 2 rings (SSSR count). The molecule has 1 aromatic carbocycles. The first-order valence-electron chi connectivity index (χ1n) is 5.51. The number of carbonyl (C=O) groups excluding carboxylic acids is 1. The van der Waals surface area contributed by atoms with E-state index in [0.29, 0.717) is 4.90 Å². The standard InChI is InChI=1S/C11H12N2O5S/c14-9-10(13(11(15)16)7-6-12-9)19(17,18)8-4-2-1-3-5-8/h1-5,10H,6-7H2,(H,12,14)(H,15,16). The third kappa shape index (κ3) is 2.39. The molecule has 1 aliphatic heterocycles. The summed E-state index contributed by atoms with van der Waals surface area (Å²) in [6.45, 7) is 0.0454. The first-order valence-corrected chi connectivity index (χ1v) is 7.05. The summed E-state index contributed by atoms with van der Waals surface area (Å²) in [4.78, 5) is 23.4. The molecule has 2 N–H and O–H groups in total. The summed E-state index contributed by atoms with van der Waals surface area (Å²) in [5.74, 6) is -0.822. The Morgan fingerprint density at radius 2 is 1.95 bits per heavy atom. The van der Waals surface area contributed by atoms with Gasteiger partial charge in [0.05, 0.1) is 4.90 Å². The number of hydrogen-bond donors (Lipinski definition) is 2. The lowest BCUT2D eigenvalue weighted by molar-refractivity contribution is -0.125. The molecule has 1 unspecified atom stereocenters. The maximum Gasteiger partial charge on any atom is 0.408 e. The summed E-state index contributed by atoms with van der Waals surface area (Å²) in [6, 6.07) is 7.32. The highest BCUT2D eigenvalue weighted by molar-refractivity contribution is 7.92. The van der Waals surface area contributed by atoms with Crippen molar-refractivity contribution in [1.82, 2.24) is 10.2 Å². The van der Waals surface area contributed by atoms with Crippen molar-refractivity contribution in [2.75, 3.05) is 13.1 Å². The van der Waals surface area contributed by atoms with Crippen LogP contribution in [-0.2, 0) is 14.6 Å². The third-order valence-electron chi connectivity index (χ3n) is 2.77. The second-order valence-electron chi connectivity index (χ2n) is 3.98. The molecule has 2 amide bonds. The fourth-order valence-electron chi connectivity index (χ4n) is 1.89. The second-order valence-corrected chi connectivity index (χ2v) is 5.99. The zero-order valence-corrected chi connectivity index (χ0v) is 10.6. The molecular formula is C11H12N2O5S. The molecule has 1 aliphatic rings. The van der Waals surface area contributed by atoms with Crippen LogP contribution in [-0.4, -0.2) is 48.9 Å². The van der Waals surface area contributed by atoms with Crippen LogP contribution in [0.2, 0.25) is 0 Å². The molecule has 0 bridgehead atoms. The fourth-order valence-corrected chi connectivity index (χ4v) is 3.58. The van der Waals surface area contributed by atoms with Gasteiger partial charge in [-0.05, 0) is 12.1 Å². The van der Waals surface area contributed by atoms with Gasteiger partial charge in [0, 0.05) is 13.1 Å². The second kappa shape index (κ2) is 4.88. The normalized spacial score (nSPS) is 19.9. The number of hydrogen-bond acceptors (Lipinski definition) is 4. The minimum atomic E-state index is -4.07. The van der Waals surface area contributed by atoms with E-state index in [1.165, 1.54) is 24.3 Å². The molecular weight excluding hydrogens is 272 g/mol. The highest BCUT2D eigenvalue weighted by Crippen LogP contribution is 2.20. The zero-order valence-electron chi connectivity index (χ0n) is 9.81. The van der Waals surface area contributed by atoms with E-state index in [4.69, 9.17) is 5.11 Å². The molecule has 0 spiro atoms. The number of benzene rings is 1. The maximum atomic E-state index is 12.3. The van der Waals surface area contributed by atoms with Crippen LogP contribution in [0.15, 0.2) is 35.2 Å². The molecule has 19 heavy (non-hydrogen) atoms. The predicted octanol–water partition coefficient (Wildman–Crippen LogP) is -0.104. The molecule has 7 nitrogen and oxygen atoms in total. The Kier molecular flexibility index (Phi) is 3.43. The Labute approximate surface area is 109 Å². The number of carbonyl (C=O) groups is 2. The third-order valence-corrected chi connectivity index (χ3v) is 4.76. The minimum Gasteiger partial charge on any atom is -0.465 e. The monoisotopic (exact) mass is 284 g/mol. The summed E-state index contributed by atoms with van der Waals surface area (Å²) in [5, 5.41) is 9.65. The molecule has 8 heteroatoms. The number of nitrogens with zero attached hydrogens (tertiary/aromatic N) is 1. The number of piperazine rings is 1. The smallest absolute Gasteiger partial charge is 0.408 e. The van der Waals surface area contributed by atoms with Crippen LogP contribution in [0.4, 0.5) is 4.79 Å². The minimum absolute atomic E-state index is 0.0577. The molecule has 1 fully saturated rings. The van der Waals surface area contributed by atoms with Gasteiger partial charge >= 0.3 is 6.09 Å². The topological polar surface area (TPSA) is 104 Å². The number of carboxylic acid groups (broad SMARTS) is 1. The number of amides is 2. The lowest BCUT2D eigenvalue weighted by atomic mass is 10.4. The van der Waals surface area contributed by atoms with Gasteiger partial charge in [0.15, 0.2) is 0 Å². The van der Waals surface area contributed by atoms with E-state index >= 15 is 0 Å². The molecule has 1 heterocycles. The van der Waals surface area contributed by atoms with Crippen molar-refractivity contribution >= 4 is 21.8 Å². The van der Waals surface area contributed by atoms with Gasteiger partial charge in [-0.2, -0.15) is 0 Å². The highest BCUT2D eigenvalue weighted by Gasteiger charge is 2.43. The highest BCUT2D eigenvalue weighted by atomic mass is 32.2. The summed E-state index contributed by atoms with van der Waals surface area (Å²) in [6.07, 6.45) is -1.43. The Bertz CT molecular complexity index is 599. The van der Waals surface area contributed by atoms with Crippen molar-refractivity contribution in [2.45, 2.75) is 10.3 Å². The average molecular weight is 284 g/mol. The molecule has 1 atom stereocenters. The van der Waals surface area contributed by atoms with Crippen LogP contribution in [0.5, 0.6) is 0 Å². The van der Waals surface area contributed by atoms with E-state index in [0.717, 1.165) is 0 Å². The lowest BCUT2D eigenvalue weighted by Gasteiger charge is -2.32. The van der Waals surface area contributed by atoms with Crippen LogP contribution in [0.25, 0.3) is 0 Å². The Morgan fingerprint density at radius 1 is 1.32 bits per heavy atom. The van der Waals surface area contributed by atoms with E-state index in [1.807, 2.05) is 0 Å². The van der Waals surface area contributed by atoms with Gasteiger partial charge in [-0.1, -0.05) is 18.2 Å². The summed E-state index contributed by atoms with van der Waals surface area (Å²) < 4.78 is 24.7. The van der Waals surface area contributed by atoms with Gasteiger partial charge in [0.25, 0.3) is 5.91 Å². The van der Waals surface area contributed by atoms with Crippen molar-refractivity contribution in [1.29, 1.82) is 0 Å². The summed E-state index contributed by atoms with van der Waals surface area (Å²) in [5.41, 5.74) is 0. The average Bonchev–Trinajstić information content (AvgIpc) is 2.39. The molecule has 1 aromatic rings. The molecule has 0 aromatic heterocycles. The van der Waals surface area contributed by atoms with Crippen molar-refractivity contribution in [3.8, 4) is 0 Å². The number of rotatable bonds is 2. The first-order chi connectivity index (χ1) is 8.94. The van der Waals surface area contributed by atoms with Crippen LogP contribution in [0, 0.1) is 0 Å². The van der Waals surface area contributed by atoms with Gasteiger partial charge in [-0.15, -0.1) is 0 Å². The van der Waals surface area contributed by atoms with Crippen molar-refractivity contribution in [3.63, 3.8) is 0 Å². The predicted molar refractivity (Wildman–Crippen MR) is 65.2 cm³/mol. The fraction of sp³-hybridized carbons (Fsp3) is 0.273. The van der Waals surface area contributed by atoms with Crippen molar-refractivity contribution in [2.24, 2.45) is 0 Å². The quantitative estimate of drug-likeness (QED) is 0.789. The van der Waals surface area contributed by atoms with E-state index in [-0.39, 0.29) is 18.0 Å². The van der Waals surface area contributed by atoms with Gasteiger partial charge < -0.3 is 10.4 Å².